The molecular weight excluding hydrogens is 366 g/mol. The van der Waals surface area contributed by atoms with Crippen LogP contribution in [0.5, 0.6) is 0 Å². The van der Waals surface area contributed by atoms with Crippen molar-refractivity contribution in [2.45, 2.75) is 6.92 Å². The molecule has 2 aromatic rings. The highest BCUT2D eigenvalue weighted by Gasteiger charge is 2.11. The van der Waals surface area contributed by atoms with Crippen LogP contribution >= 0.6 is 23.8 Å². The molecule has 0 unspecified atom stereocenters. The normalized spacial score (nSPS) is 10.0. The van der Waals surface area contributed by atoms with Gasteiger partial charge >= 0.3 is 5.97 Å². The Morgan fingerprint density at radius 2 is 1.92 bits per heavy atom. The maximum atomic E-state index is 11.6. The molecular formula is C16H14ClN3O4S. The molecule has 2 N–H and O–H groups in total. The summed E-state index contributed by atoms with van der Waals surface area (Å²) in [5.41, 5.74) is 1.42. The molecule has 25 heavy (non-hydrogen) atoms. The number of carbonyl (C=O) groups excluding carboxylic acids is 1. The molecule has 0 aromatic heterocycles. The molecule has 0 aliphatic carbocycles. The Hall–Kier alpha value is -2.71. The number of hydrogen-bond acceptors (Lipinski definition) is 5. The van der Waals surface area contributed by atoms with Gasteiger partial charge in [0.05, 0.1) is 27.8 Å². The van der Waals surface area contributed by atoms with Gasteiger partial charge in [0.15, 0.2) is 5.11 Å². The van der Waals surface area contributed by atoms with Gasteiger partial charge in [0, 0.05) is 17.8 Å². The van der Waals surface area contributed by atoms with Gasteiger partial charge in [-0.3, -0.25) is 10.1 Å². The summed E-state index contributed by atoms with van der Waals surface area (Å²) in [6.45, 7) is 2.05. The van der Waals surface area contributed by atoms with Gasteiger partial charge in [-0.2, -0.15) is 0 Å². The van der Waals surface area contributed by atoms with Crippen LogP contribution in [-0.2, 0) is 4.74 Å². The molecule has 9 heteroatoms. The number of thiocarbonyl (C=S) groups is 1. The fraction of sp³-hybridized carbons (Fsp3) is 0.125. The van der Waals surface area contributed by atoms with Gasteiger partial charge in [0.25, 0.3) is 5.69 Å². The summed E-state index contributed by atoms with van der Waals surface area (Å²) in [7, 11) is 0. The third-order valence-corrected chi connectivity index (χ3v) is 3.58. The van der Waals surface area contributed by atoms with Crippen LogP contribution in [-0.4, -0.2) is 22.6 Å². The summed E-state index contributed by atoms with van der Waals surface area (Å²) in [5.74, 6) is -0.396. The number of carbonyl (C=O) groups is 1. The van der Waals surface area contributed by atoms with Crippen LogP contribution in [0.25, 0.3) is 0 Å². The van der Waals surface area contributed by atoms with Gasteiger partial charge in [0.1, 0.15) is 0 Å². The summed E-state index contributed by atoms with van der Waals surface area (Å²) >= 11 is 11.2. The van der Waals surface area contributed by atoms with Crippen molar-refractivity contribution in [3.05, 3.63) is 63.2 Å². The molecule has 0 saturated carbocycles. The minimum atomic E-state index is -0.530. The van der Waals surface area contributed by atoms with Crippen LogP contribution in [0.3, 0.4) is 0 Å². The van der Waals surface area contributed by atoms with E-state index in [2.05, 4.69) is 10.6 Å². The second-order valence-corrected chi connectivity index (χ2v) is 5.61. The molecule has 0 aliphatic heterocycles. The lowest BCUT2D eigenvalue weighted by Crippen LogP contribution is -2.19. The quantitative estimate of drug-likeness (QED) is 0.347. The molecule has 0 fully saturated rings. The van der Waals surface area contributed by atoms with E-state index in [0.29, 0.717) is 23.5 Å². The topological polar surface area (TPSA) is 93.5 Å². The number of hydrogen-bond donors (Lipinski definition) is 2. The fourth-order valence-electron chi connectivity index (χ4n) is 1.91. The van der Waals surface area contributed by atoms with E-state index in [1.165, 1.54) is 18.2 Å². The van der Waals surface area contributed by atoms with Crippen LogP contribution in [0.4, 0.5) is 17.1 Å². The molecule has 0 radical (unpaired) electrons. The van der Waals surface area contributed by atoms with Crippen LogP contribution in [0.1, 0.15) is 17.3 Å². The van der Waals surface area contributed by atoms with E-state index in [1.807, 2.05) is 0 Å². The van der Waals surface area contributed by atoms with Gasteiger partial charge in [-0.05, 0) is 49.5 Å². The summed E-state index contributed by atoms with van der Waals surface area (Å²) < 4.78 is 4.91. The predicted molar refractivity (Wildman–Crippen MR) is 100 cm³/mol. The van der Waals surface area contributed by atoms with E-state index in [1.54, 1.807) is 31.2 Å². The molecule has 0 bridgehead atoms. The average Bonchev–Trinajstić information content (AvgIpc) is 2.57. The third kappa shape index (κ3) is 5.13. The number of nitro benzene ring substituents is 1. The summed E-state index contributed by atoms with van der Waals surface area (Å²) in [6.07, 6.45) is 0. The van der Waals surface area contributed by atoms with Crippen LogP contribution in [0.2, 0.25) is 5.02 Å². The Morgan fingerprint density at radius 3 is 2.48 bits per heavy atom. The first-order chi connectivity index (χ1) is 11.9. The highest BCUT2D eigenvalue weighted by molar-refractivity contribution is 7.80. The van der Waals surface area contributed by atoms with Crippen molar-refractivity contribution < 1.29 is 14.5 Å². The Kier molecular flexibility index (Phi) is 6.26. The van der Waals surface area contributed by atoms with Gasteiger partial charge in [0.2, 0.25) is 0 Å². The van der Waals surface area contributed by atoms with Crippen LogP contribution in [0.15, 0.2) is 42.5 Å². The Balaban J connectivity index is 2.00. The molecule has 0 heterocycles. The SMILES string of the molecule is CCOC(=O)c1ccc(NC(=S)Nc2ccc([N+](=O)[O-])cc2Cl)cc1. The van der Waals surface area contributed by atoms with E-state index >= 15 is 0 Å². The molecule has 130 valence electrons. The molecule has 0 saturated heterocycles. The first kappa shape index (κ1) is 18.6. The molecule has 0 spiro atoms. The van der Waals surface area contributed by atoms with Crippen molar-refractivity contribution in [2.75, 3.05) is 17.2 Å². The largest absolute Gasteiger partial charge is 0.462 e. The Morgan fingerprint density at radius 1 is 1.24 bits per heavy atom. The van der Waals surface area contributed by atoms with Crippen LogP contribution < -0.4 is 10.6 Å². The molecule has 0 atom stereocenters. The highest BCUT2D eigenvalue weighted by Crippen LogP contribution is 2.26. The van der Waals surface area contributed by atoms with Gasteiger partial charge in [-0.15, -0.1) is 0 Å². The van der Waals surface area contributed by atoms with E-state index in [0.717, 1.165) is 0 Å². The lowest BCUT2D eigenvalue weighted by molar-refractivity contribution is -0.384. The third-order valence-electron chi connectivity index (χ3n) is 3.07. The molecule has 0 amide bonds. The van der Waals surface area contributed by atoms with Gasteiger partial charge in [-0.25, -0.2) is 4.79 Å². The van der Waals surface area contributed by atoms with Crippen molar-refractivity contribution in [1.82, 2.24) is 0 Å². The maximum Gasteiger partial charge on any atom is 0.338 e. The number of non-ortho nitro benzene ring substituents is 1. The zero-order chi connectivity index (χ0) is 18.4. The number of nitro groups is 1. The van der Waals surface area contributed by atoms with Crippen LogP contribution in [0, 0.1) is 10.1 Å². The summed E-state index contributed by atoms with van der Waals surface area (Å²) in [6, 6.07) is 10.6. The van der Waals surface area contributed by atoms with E-state index < -0.39 is 10.9 Å². The maximum absolute atomic E-state index is 11.6. The predicted octanol–water partition coefficient (Wildman–Crippen LogP) is 4.23. The number of rotatable bonds is 5. The van der Waals surface area contributed by atoms with Gasteiger partial charge in [-0.1, -0.05) is 11.6 Å². The van der Waals surface area contributed by atoms with Crippen molar-refractivity contribution in [2.24, 2.45) is 0 Å². The highest BCUT2D eigenvalue weighted by atomic mass is 35.5. The number of anilines is 2. The number of nitrogens with one attached hydrogen (secondary N) is 2. The monoisotopic (exact) mass is 379 g/mol. The van der Waals surface area contributed by atoms with Crippen molar-refractivity contribution in [3.8, 4) is 0 Å². The minimum Gasteiger partial charge on any atom is -0.462 e. The zero-order valence-electron chi connectivity index (χ0n) is 13.1. The second-order valence-electron chi connectivity index (χ2n) is 4.80. The number of halogens is 1. The first-order valence-corrected chi connectivity index (χ1v) is 7.98. The standard InChI is InChI=1S/C16H14ClN3O4S/c1-2-24-15(21)10-3-5-11(6-4-10)18-16(25)19-14-8-7-12(20(22)23)9-13(14)17/h3-9H,2H2,1H3,(H2,18,19,25). The first-order valence-electron chi connectivity index (χ1n) is 7.20. The smallest absolute Gasteiger partial charge is 0.338 e. The fourth-order valence-corrected chi connectivity index (χ4v) is 2.36. The van der Waals surface area contributed by atoms with E-state index in [-0.39, 0.29) is 15.8 Å². The molecule has 2 aromatic carbocycles. The van der Waals surface area contributed by atoms with E-state index in [9.17, 15) is 14.9 Å². The lowest BCUT2D eigenvalue weighted by Gasteiger charge is -2.12. The molecule has 2 rings (SSSR count). The Bertz CT molecular complexity index is 812. The average molecular weight is 380 g/mol. The Labute approximate surface area is 154 Å². The van der Waals surface area contributed by atoms with Gasteiger partial charge < -0.3 is 15.4 Å². The zero-order valence-corrected chi connectivity index (χ0v) is 14.7. The van der Waals surface area contributed by atoms with Crippen molar-refractivity contribution >= 4 is 52.0 Å². The summed E-state index contributed by atoms with van der Waals surface area (Å²) in [4.78, 5) is 21.8. The van der Waals surface area contributed by atoms with Crippen molar-refractivity contribution in [1.29, 1.82) is 0 Å². The molecule has 7 nitrogen and oxygen atoms in total. The van der Waals surface area contributed by atoms with E-state index in [4.69, 9.17) is 28.6 Å². The summed E-state index contributed by atoms with van der Waals surface area (Å²) in [5, 5.41) is 16.9. The number of nitrogens with zero attached hydrogens (tertiary/aromatic N) is 1. The second kappa shape index (κ2) is 8.41. The minimum absolute atomic E-state index is 0.107. The number of benzene rings is 2. The van der Waals surface area contributed by atoms with Crippen molar-refractivity contribution in [3.63, 3.8) is 0 Å². The molecule has 0 aliphatic rings. The number of esters is 1. The number of ether oxygens (including phenoxy) is 1. The lowest BCUT2D eigenvalue weighted by atomic mass is 10.2.